The smallest absolute Gasteiger partial charge is 0.192 e. The Balaban J connectivity index is 1.59. The fourth-order valence-electron chi connectivity index (χ4n) is 7.45. The average molecular weight is 509 g/mol. The van der Waals surface area contributed by atoms with E-state index in [1.807, 2.05) is 0 Å². The van der Waals surface area contributed by atoms with Gasteiger partial charge >= 0.3 is 0 Å². The molecule has 0 saturated heterocycles. The lowest BCUT2D eigenvalue weighted by molar-refractivity contribution is 0.0688. The molecule has 0 radical (unpaired) electrons. The maximum atomic E-state index is 13.4. The first-order chi connectivity index (χ1) is 15.7. The lowest BCUT2D eigenvalue weighted by Gasteiger charge is -2.44. The Morgan fingerprint density at radius 2 is 1.91 bits per heavy atom. The first kappa shape index (κ1) is 26.6. The third-order valence-electron chi connectivity index (χ3n) is 10.4. The van der Waals surface area contributed by atoms with E-state index < -0.39 is 23.4 Å². The van der Waals surface area contributed by atoms with Crippen LogP contribution >= 0.6 is 0 Å². The van der Waals surface area contributed by atoms with Crippen molar-refractivity contribution in [3.05, 3.63) is 22.8 Å². The van der Waals surface area contributed by atoms with Crippen LogP contribution in [0.15, 0.2) is 22.8 Å². The van der Waals surface area contributed by atoms with E-state index in [0.29, 0.717) is 17.8 Å². The molecule has 0 aromatic carbocycles. The summed E-state index contributed by atoms with van der Waals surface area (Å²) in [7, 11) is -5.08. The Kier molecular flexibility index (Phi) is 7.16. The summed E-state index contributed by atoms with van der Waals surface area (Å²) >= 11 is 0. The molecule has 4 rings (SSSR count). The van der Waals surface area contributed by atoms with E-state index in [4.69, 9.17) is 4.43 Å². The number of hydrogen-bond donors (Lipinski definition) is 1. The third kappa shape index (κ3) is 4.66. The molecular formula is C28H48O4SSi. The molecule has 3 aliphatic carbocycles. The highest BCUT2D eigenvalue weighted by Gasteiger charge is 2.51. The van der Waals surface area contributed by atoms with Gasteiger partial charge in [-0.1, -0.05) is 51.8 Å². The van der Waals surface area contributed by atoms with E-state index in [-0.39, 0.29) is 28.9 Å². The number of aliphatic hydroxyl groups is 1. The van der Waals surface area contributed by atoms with Crippen LogP contribution in [0.5, 0.6) is 0 Å². The number of rotatable bonds is 5. The highest BCUT2D eigenvalue weighted by Crippen LogP contribution is 2.59. The summed E-state index contributed by atoms with van der Waals surface area (Å²) in [5, 5.41) is 9.55. The summed E-state index contributed by atoms with van der Waals surface area (Å²) in [6.07, 6.45) is 10.6. The monoisotopic (exact) mass is 508 g/mol. The van der Waals surface area contributed by atoms with Gasteiger partial charge in [-0.2, -0.15) is 0 Å². The number of hydrogen-bond acceptors (Lipinski definition) is 4. The summed E-state index contributed by atoms with van der Waals surface area (Å²) in [5.41, 5.74) is 3.91. The molecule has 1 heterocycles. The van der Waals surface area contributed by atoms with Gasteiger partial charge in [0.25, 0.3) is 0 Å². The molecule has 0 bridgehead atoms. The van der Waals surface area contributed by atoms with E-state index in [2.05, 4.69) is 53.8 Å². The summed E-state index contributed by atoms with van der Waals surface area (Å²) in [6, 6.07) is 0. The van der Waals surface area contributed by atoms with Crippen LogP contribution in [-0.2, 0) is 14.3 Å². The summed E-state index contributed by atoms with van der Waals surface area (Å²) in [6.45, 7) is 16.2. The Morgan fingerprint density at radius 3 is 2.56 bits per heavy atom. The van der Waals surface area contributed by atoms with Crippen molar-refractivity contribution < 1.29 is 18.0 Å². The van der Waals surface area contributed by atoms with Crippen molar-refractivity contribution in [1.29, 1.82) is 0 Å². The standard InChI is InChI=1S/C28H48O4SSi/c1-19(17-29)24-12-13-25-20(9-8-14-28(24,25)5)15-26-23-16-22(32-34(6,7)27(2,3)4)11-10-21(23)18-33(26,30)31/h15,19,22,24-26,29H,8-14,16-18H2,1-7H3/b20-15+/t19-,22+,24-,25-,26+,28-/m1/s1. The molecule has 4 nitrogen and oxygen atoms in total. The summed E-state index contributed by atoms with van der Waals surface area (Å²) in [5.74, 6) is 1.54. The van der Waals surface area contributed by atoms with Crippen LogP contribution in [0.1, 0.15) is 86.0 Å². The Bertz CT molecular complexity index is 957. The first-order valence-corrected chi connectivity index (χ1v) is 18.2. The summed E-state index contributed by atoms with van der Waals surface area (Å²) in [4.78, 5) is 0. The highest BCUT2D eigenvalue weighted by atomic mass is 32.2. The van der Waals surface area contributed by atoms with Crippen molar-refractivity contribution in [3.63, 3.8) is 0 Å². The first-order valence-electron chi connectivity index (χ1n) is 13.6. The van der Waals surface area contributed by atoms with E-state index in [1.165, 1.54) is 17.6 Å². The maximum Gasteiger partial charge on any atom is 0.192 e. The number of fused-ring (bicyclic) bond motifs is 1. The van der Waals surface area contributed by atoms with Gasteiger partial charge in [0.2, 0.25) is 0 Å². The molecular weight excluding hydrogens is 460 g/mol. The van der Waals surface area contributed by atoms with E-state index in [0.717, 1.165) is 50.5 Å². The molecule has 4 aliphatic rings. The van der Waals surface area contributed by atoms with Gasteiger partial charge in [0.1, 0.15) is 5.25 Å². The summed E-state index contributed by atoms with van der Waals surface area (Å²) < 4.78 is 33.5. The molecule has 0 aromatic heterocycles. The van der Waals surface area contributed by atoms with Gasteiger partial charge in [-0.3, -0.25) is 0 Å². The third-order valence-corrected chi connectivity index (χ3v) is 16.9. The van der Waals surface area contributed by atoms with Gasteiger partial charge in [-0.15, -0.1) is 0 Å². The molecule has 0 amide bonds. The highest BCUT2D eigenvalue weighted by molar-refractivity contribution is 7.92. The lowest BCUT2D eigenvalue weighted by atomic mass is 9.61. The Hall–Kier alpha value is -0.433. The second-order valence-electron chi connectivity index (χ2n) is 13.6. The minimum absolute atomic E-state index is 0.145. The SMILES string of the molecule is C[C@H](CO)[C@H]1CC[C@@H]2/C(=C/[C@H]3C4=C(CC[C@H](O[Si](C)(C)C(C)(C)C)C4)CS3(=O)=O)CCC[C@@]21C. The van der Waals surface area contributed by atoms with Crippen molar-refractivity contribution in [2.45, 2.75) is 115 Å². The molecule has 0 unspecified atom stereocenters. The number of sulfone groups is 1. The van der Waals surface area contributed by atoms with Gasteiger partial charge in [-0.05, 0) is 98.2 Å². The topological polar surface area (TPSA) is 63.6 Å². The molecule has 2 fully saturated rings. The van der Waals surface area contributed by atoms with Crippen molar-refractivity contribution in [3.8, 4) is 0 Å². The molecule has 194 valence electrons. The molecule has 0 spiro atoms. The molecule has 6 atom stereocenters. The lowest BCUT2D eigenvalue weighted by Crippen LogP contribution is -2.44. The van der Waals surface area contributed by atoms with E-state index >= 15 is 0 Å². The quantitative estimate of drug-likeness (QED) is 0.343. The van der Waals surface area contributed by atoms with Crippen LogP contribution in [0, 0.1) is 23.2 Å². The van der Waals surface area contributed by atoms with Gasteiger partial charge in [0, 0.05) is 12.7 Å². The number of aliphatic hydroxyl groups excluding tert-OH is 1. The predicted octanol–water partition coefficient (Wildman–Crippen LogP) is 6.43. The second kappa shape index (κ2) is 9.15. The van der Waals surface area contributed by atoms with Gasteiger partial charge < -0.3 is 9.53 Å². The Labute approximate surface area is 209 Å². The fourth-order valence-corrected chi connectivity index (χ4v) is 10.9. The molecule has 0 aromatic rings. The molecule has 6 heteroatoms. The Morgan fingerprint density at radius 1 is 1.21 bits per heavy atom. The van der Waals surface area contributed by atoms with Gasteiger partial charge in [0.05, 0.1) is 5.75 Å². The van der Waals surface area contributed by atoms with Gasteiger partial charge in [-0.25, -0.2) is 8.42 Å². The maximum absolute atomic E-state index is 13.4. The van der Waals surface area contributed by atoms with Crippen LogP contribution in [-0.4, -0.2) is 45.6 Å². The van der Waals surface area contributed by atoms with Crippen LogP contribution in [0.25, 0.3) is 0 Å². The zero-order chi connectivity index (χ0) is 25.1. The fraction of sp³-hybridized carbons (Fsp3) is 0.857. The molecule has 1 N–H and O–H groups in total. The van der Waals surface area contributed by atoms with E-state index in [1.54, 1.807) is 0 Å². The van der Waals surface area contributed by atoms with Crippen LogP contribution in [0.3, 0.4) is 0 Å². The van der Waals surface area contributed by atoms with Crippen molar-refractivity contribution >= 4 is 18.2 Å². The van der Waals surface area contributed by atoms with Crippen LogP contribution in [0.2, 0.25) is 18.1 Å². The van der Waals surface area contributed by atoms with Crippen molar-refractivity contribution in [2.24, 2.45) is 23.2 Å². The van der Waals surface area contributed by atoms with E-state index in [9.17, 15) is 13.5 Å². The predicted molar refractivity (Wildman–Crippen MR) is 143 cm³/mol. The molecule has 2 saturated carbocycles. The zero-order valence-corrected chi connectivity index (χ0v) is 24.4. The zero-order valence-electron chi connectivity index (χ0n) is 22.6. The second-order valence-corrected chi connectivity index (χ2v) is 20.5. The normalized spacial score (nSPS) is 38.2. The van der Waals surface area contributed by atoms with Crippen LogP contribution in [0.4, 0.5) is 0 Å². The van der Waals surface area contributed by atoms with Crippen molar-refractivity contribution in [1.82, 2.24) is 0 Å². The minimum Gasteiger partial charge on any atom is -0.414 e. The average Bonchev–Trinajstić information content (AvgIpc) is 3.20. The van der Waals surface area contributed by atoms with Crippen molar-refractivity contribution in [2.75, 3.05) is 12.4 Å². The number of allylic oxidation sites excluding steroid dienone is 1. The minimum atomic E-state index is -3.18. The largest absolute Gasteiger partial charge is 0.414 e. The van der Waals surface area contributed by atoms with Crippen LogP contribution < -0.4 is 0 Å². The molecule has 34 heavy (non-hydrogen) atoms. The molecule has 1 aliphatic heterocycles. The van der Waals surface area contributed by atoms with Gasteiger partial charge in [0.15, 0.2) is 18.2 Å².